The number of ether oxygens (including phenoxy) is 1. The maximum Gasteiger partial charge on any atom is 0.276 e. The zero-order valence-corrected chi connectivity index (χ0v) is 13.0. The van der Waals surface area contributed by atoms with Crippen molar-refractivity contribution in [3.8, 4) is 5.75 Å². The van der Waals surface area contributed by atoms with Crippen LogP contribution in [0.1, 0.15) is 12.5 Å². The summed E-state index contributed by atoms with van der Waals surface area (Å²) in [6.45, 7) is 2.48. The monoisotopic (exact) mass is 340 g/mol. The number of nitrogens with one attached hydrogen (secondary N) is 1. The molecule has 0 spiro atoms. The standard InChI is InChI=1S/C13H13BrN2O2S/c1-3-18-11-5-4-9(14)6-8(11)7-10-12(17)16(2)13(19)15-10/h4-7H,3H2,1-2H3,(H,15,19). The molecule has 100 valence electrons. The summed E-state index contributed by atoms with van der Waals surface area (Å²) in [6, 6.07) is 5.66. The third-order valence-electron chi connectivity index (χ3n) is 2.65. The number of hydrogen-bond acceptors (Lipinski definition) is 3. The van der Waals surface area contributed by atoms with Gasteiger partial charge in [0.05, 0.1) is 6.61 Å². The summed E-state index contributed by atoms with van der Waals surface area (Å²) in [5, 5.41) is 3.30. The number of rotatable bonds is 3. The summed E-state index contributed by atoms with van der Waals surface area (Å²) in [5.41, 5.74) is 1.27. The lowest BCUT2D eigenvalue weighted by molar-refractivity contribution is -0.121. The zero-order valence-electron chi connectivity index (χ0n) is 10.6. The van der Waals surface area contributed by atoms with Crippen LogP contribution in [0.5, 0.6) is 5.75 Å². The summed E-state index contributed by atoms with van der Waals surface area (Å²) in [5.74, 6) is 0.584. The van der Waals surface area contributed by atoms with Gasteiger partial charge in [0, 0.05) is 17.1 Å². The van der Waals surface area contributed by atoms with Crippen LogP contribution in [0.3, 0.4) is 0 Å². The molecule has 1 aliphatic rings. The normalized spacial score (nSPS) is 17.0. The topological polar surface area (TPSA) is 41.6 Å². The Hall–Kier alpha value is -1.40. The van der Waals surface area contributed by atoms with Crippen molar-refractivity contribution >= 4 is 45.2 Å². The van der Waals surface area contributed by atoms with E-state index in [1.807, 2.05) is 25.1 Å². The van der Waals surface area contributed by atoms with Crippen LogP contribution in [-0.4, -0.2) is 29.6 Å². The van der Waals surface area contributed by atoms with Gasteiger partial charge in [-0.2, -0.15) is 0 Å². The molecule has 19 heavy (non-hydrogen) atoms. The molecule has 4 nitrogen and oxygen atoms in total. The highest BCUT2D eigenvalue weighted by Gasteiger charge is 2.27. The van der Waals surface area contributed by atoms with Gasteiger partial charge in [0.2, 0.25) is 0 Å². The van der Waals surface area contributed by atoms with Crippen LogP contribution in [0.4, 0.5) is 0 Å². The second-order valence-corrected chi connectivity index (χ2v) is 5.27. The van der Waals surface area contributed by atoms with Crippen molar-refractivity contribution in [1.82, 2.24) is 10.2 Å². The van der Waals surface area contributed by atoms with E-state index < -0.39 is 0 Å². The number of hydrogen-bond donors (Lipinski definition) is 1. The molecule has 0 atom stereocenters. The fraction of sp³-hybridized carbons (Fsp3) is 0.231. The lowest BCUT2D eigenvalue weighted by Gasteiger charge is -2.08. The van der Waals surface area contributed by atoms with E-state index >= 15 is 0 Å². The Kier molecular flexibility index (Phi) is 4.21. The molecule has 1 N–H and O–H groups in total. The van der Waals surface area contributed by atoms with E-state index in [2.05, 4.69) is 21.2 Å². The molecule has 0 unspecified atom stereocenters. The van der Waals surface area contributed by atoms with Gasteiger partial charge in [0.15, 0.2) is 5.11 Å². The highest BCUT2D eigenvalue weighted by Crippen LogP contribution is 2.26. The third kappa shape index (κ3) is 2.96. The van der Waals surface area contributed by atoms with Crippen LogP contribution in [0.2, 0.25) is 0 Å². The van der Waals surface area contributed by atoms with Crippen LogP contribution in [0.25, 0.3) is 6.08 Å². The van der Waals surface area contributed by atoms with Gasteiger partial charge in [0.25, 0.3) is 5.91 Å². The van der Waals surface area contributed by atoms with E-state index in [0.29, 0.717) is 17.4 Å². The fourth-order valence-corrected chi connectivity index (χ4v) is 2.27. The molecule has 6 heteroatoms. The van der Waals surface area contributed by atoms with Crippen molar-refractivity contribution < 1.29 is 9.53 Å². The Morgan fingerprint density at radius 3 is 2.84 bits per heavy atom. The highest BCUT2D eigenvalue weighted by molar-refractivity contribution is 9.10. The van der Waals surface area contributed by atoms with Gasteiger partial charge in [-0.25, -0.2) is 0 Å². The van der Waals surface area contributed by atoms with E-state index in [1.54, 1.807) is 13.1 Å². The molecule has 1 aromatic rings. The second-order valence-electron chi connectivity index (χ2n) is 3.97. The average Bonchev–Trinajstić information content (AvgIpc) is 2.61. The van der Waals surface area contributed by atoms with Gasteiger partial charge in [-0.15, -0.1) is 0 Å². The van der Waals surface area contributed by atoms with Crippen molar-refractivity contribution in [1.29, 1.82) is 0 Å². The fourth-order valence-electron chi connectivity index (χ4n) is 1.70. The summed E-state index contributed by atoms with van der Waals surface area (Å²) in [7, 11) is 1.64. The number of likely N-dealkylation sites (N-methyl/N-ethyl adjacent to an activating group) is 1. The Morgan fingerprint density at radius 2 is 2.26 bits per heavy atom. The minimum Gasteiger partial charge on any atom is -0.493 e. The molecule has 0 aliphatic carbocycles. The number of halogens is 1. The summed E-state index contributed by atoms with van der Waals surface area (Å²) >= 11 is 8.44. The quantitative estimate of drug-likeness (QED) is 0.678. The average molecular weight is 341 g/mol. The first-order valence-corrected chi connectivity index (χ1v) is 6.96. The lowest BCUT2D eigenvalue weighted by Crippen LogP contribution is -2.25. The smallest absolute Gasteiger partial charge is 0.276 e. The minimum absolute atomic E-state index is 0.146. The minimum atomic E-state index is -0.146. The van der Waals surface area contributed by atoms with Gasteiger partial charge < -0.3 is 10.1 Å². The van der Waals surface area contributed by atoms with E-state index in [0.717, 1.165) is 15.8 Å². The number of nitrogens with zero attached hydrogens (tertiary/aromatic N) is 1. The van der Waals surface area contributed by atoms with Crippen LogP contribution < -0.4 is 10.1 Å². The molecule has 1 heterocycles. The lowest BCUT2D eigenvalue weighted by atomic mass is 10.1. The molecule has 1 aliphatic heterocycles. The van der Waals surface area contributed by atoms with Crippen LogP contribution in [0.15, 0.2) is 28.4 Å². The van der Waals surface area contributed by atoms with Crippen LogP contribution in [0, 0.1) is 0 Å². The van der Waals surface area contributed by atoms with E-state index in [1.165, 1.54) is 4.90 Å². The van der Waals surface area contributed by atoms with Gasteiger partial charge in [-0.3, -0.25) is 9.69 Å². The number of carbonyl (C=O) groups excluding carboxylic acids is 1. The van der Waals surface area contributed by atoms with E-state index in [4.69, 9.17) is 17.0 Å². The predicted molar refractivity (Wildman–Crippen MR) is 81.8 cm³/mol. The van der Waals surface area contributed by atoms with Gasteiger partial charge in [-0.05, 0) is 43.4 Å². The Bertz CT molecular complexity index is 572. The first-order valence-electron chi connectivity index (χ1n) is 5.76. The Labute approximate surface area is 125 Å². The number of amides is 1. The molecule has 0 radical (unpaired) electrons. The van der Waals surface area contributed by atoms with E-state index in [9.17, 15) is 4.79 Å². The first-order chi connectivity index (χ1) is 9.02. The van der Waals surface area contributed by atoms with Crippen molar-refractivity contribution in [3.05, 3.63) is 33.9 Å². The van der Waals surface area contributed by atoms with Crippen LogP contribution >= 0.6 is 28.1 Å². The number of benzene rings is 1. The van der Waals surface area contributed by atoms with Crippen LogP contribution in [-0.2, 0) is 4.79 Å². The molecule has 2 rings (SSSR count). The predicted octanol–water partition coefficient (Wildman–Crippen LogP) is 2.54. The van der Waals surface area contributed by atoms with Crippen molar-refractivity contribution in [3.63, 3.8) is 0 Å². The number of carbonyl (C=O) groups is 1. The van der Waals surface area contributed by atoms with Crippen molar-refractivity contribution in [2.75, 3.05) is 13.7 Å². The molecule has 0 aromatic heterocycles. The van der Waals surface area contributed by atoms with Gasteiger partial charge >= 0.3 is 0 Å². The molecule has 0 bridgehead atoms. The third-order valence-corrected chi connectivity index (χ3v) is 3.52. The first kappa shape index (κ1) is 14.0. The van der Waals surface area contributed by atoms with Gasteiger partial charge in [-0.1, -0.05) is 15.9 Å². The Balaban J connectivity index is 2.40. The van der Waals surface area contributed by atoms with Crippen molar-refractivity contribution in [2.45, 2.75) is 6.92 Å². The second kappa shape index (κ2) is 5.71. The molecule has 1 saturated heterocycles. The molecule has 1 aromatic carbocycles. The van der Waals surface area contributed by atoms with E-state index in [-0.39, 0.29) is 5.91 Å². The highest BCUT2D eigenvalue weighted by atomic mass is 79.9. The molecular formula is C13H13BrN2O2S. The largest absolute Gasteiger partial charge is 0.493 e. The molecule has 0 saturated carbocycles. The summed E-state index contributed by atoms with van der Waals surface area (Å²) < 4.78 is 6.46. The SMILES string of the molecule is CCOc1ccc(Br)cc1C=C1NC(=S)N(C)C1=O. The van der Waals surface area contributed by atoms with Gasteiger partial charge in [0.1, 0.15) is 11.4 Å². The number of thiocarbonyl (C=S) groups is 1. The maximum absolute atomic E-state index is 11.9. The molecule has 1 fully saturated rings. The summed E-state index contributed by atoms with van der Waals surface area (Å²) in [6.07, 6.45) is 1.74. The summed E-state index contributed by atoms with van der Waals surface area (Å²) in [4.78, 5) is 13.3. The van der Waals surface area contributed by atoms with Crippen molar-refractivity contribution in [2.24, 2.45) is 0 Å². The Morgan fingerprint density at radius 1 is 1.53 bits per heavy atom. The molecular weight excluding hydrogens is 328 g/mol. The molecule has 1 amide bonds. The maximum atomic E-state index is 11.9. The zero-order chi connectivity index (χ0) is 14.0.